The van der Waals surface area contributed by atoms with Gasteiger partial charge in [0.2, 0.25) is 10.0 Å². The van der Waals surface area contributed by atoms with Crippen LogP contribution in [0.25, 0.3) is 11.3 Å². The molecule has 1 aromatic carbocycles. The van der Waals surface area contributed by atoms with Gasteiger partial charge in [0, 0.05) is 31.7 Å². The van der Waals surface area contributed by atoms with Crippen molar-refractivity contribution in [3.05, 3.63) is 36.0 Å². The van der Waals surface area contributed by atoms with E-state index in [9.17, 15) is 13.2 Å². The highest BCUT2D eigenvalue weighted by Gasteiger charge is 2.27. The second-order valence-corrected chi connectivity index (χ2v) is 7.80. The van der Waals surface area contributed by atoms with Crippen LogP contribution < -0.4 is 4.74 Å². The number of hydrogen-bond donors (Lipinski definition) is 1. The zero-order valence-electron chi connectivity index (χ0n) is 14.1. The maximum atomic E-state index is 12.6. The molecule has 1 aliphatic rings. The monoisotopic (exact) mass is 364 g/mol. The van der Waals surface area contributed by atoms with Gasteiger partial charge in [-0.15, -0.1) is 0 Å². The normalized spacial score (nSPS) is 16.0. The molecule has 9 heteroatoms. The van der Waals surface area contributed by atoms with Crippen LogP contribution in [0.2, 0.25) is 0 Å². The minimum Gasteiger partial charge on any atom is -0.496 e. The topological polar surface area (TPSA) is 95.6 Å². The molecule has 1 aliphatic heterocycles. The molecule has 1 saturated heterocycles. The number of methoxy groups -OCH3 is 1. The summed E-state index contributed by atoms with van der Waals surface area (Å²) in [6, 6.07) is 9.12. The molecule has 8 nitrogen and oxygen atoms in total. The fourth-order valence-electron chi connectivity index (χ4n) is 2.82. The van der Waals surface area contributed by atoms with E-state index >= 15 is 0 Å². The molecular formula is C16H20N4O4S. The van der Waals surface area contributed by atoms with Crippen LogP contribution in [-0.2, 0) is 10.0 Å². The predicted molar refractivity (Wildman–Crippen MR) is 92.9 cm³/mol. The molecule has 0 bridgehead atoms. The van der Waals surface area contributed by atoms with Gasteiger partial charge in [0.05, 0.1) is 19.1 Å². The van der Waals surface area contributed by atoms with Gasteiger partial charge in [-0.25, -0.2) is 8.42 Å². The number of hydrogen-bond acceptors (Lipinski definition) is 5. The molecule has 3 rings (SSSR count). The van der Waals surface area contributed by atoms with E-state index < -0.39 is 10.0 Å². The van der Waals surface area contributed by atoms with E-state index in [0.717, 1.165) is 5.56 Å². The smallest absolute Gasteiger partial charge is 0.271 e. The molecule has 2 heterocycles. The summed E-state index contributed by atoms with van der Waals surface area (Å²) in [5.41, 5.74) is 1.78. The minimum absolute atomic E-state index is 0.193. The summed E-state index contributed by atoms with van der Waals surface area (Å²) in [5, 5.41) is 6.97. The molecule has 0 radical (unpaired) electrons. The van der Waals surface area contributed by atoms with E-state index in [1.807, 2.05) is 24.3 Å². The molecule has 0 saturated carbocycles. The first-order chi connectivity index (χ1) is 11.9. The summed E-state index contributed by atoms with van der Waals surface area (Å²) in [7, 11) is -1.64. The summed E-state index contributed by atoms with van der Waals surface area (Å²) >= 11 is 0. The zero-order valence-corrected chi connectivity index (χ0v) is 14.9. The molecule has 134 valence electrons. The van der Waals surface area contributed by atoms with Gasteiger partial charge in [0.1, 0.15) is 11.4 Å². The maximum absolute atomic E-state index is 12.6. The Bertz CT molecular complexity index is 870. The van der Waals surface area contributed by atoms with Gasteiger partial charge in [0.25, 0.3) is 5.91 Å². The summed E-state index contributed by atoms with van der Waals surface area (Å²) in [5.74, 6) is 0.483. The molecule has 1 amide bonds. The first-order valence-corrected chi connectivity index (χ1v) is 9.68. The number of para-hydroxylation sites is 1. The van der Waals surface area contributed by atoms with E-state index in [1.54, 1.807) is 18.1 Å². The number of carbonyl (C=O) groups excluding carboxylic acids is 1. The third-order valence-corrected chi connectivity index (χ3v) is 5.49. The van der Waals surface area contributed by atoms with Crippen LogP contribution in [0.1, 0.15) is 10.5 Å². The molecular weight excluding hydrogens is 344 g/mol. The Labute approximate surface area is 146 Å². The van der Waals surface area contributed by atoms with E-state index in [1.165, 1.54) is 10.6 Å². The number of nitrogens with zero attached hydrogens (tertiary/aromatic N) is 3. The van der Waals surface area contributed by atoms with Crippen LogP contribution >= 0.6 is 0 Å². The van der Waals surface area contributed by atoms with E-state index in [0.29, 0.717) is 43.3 Å². The van der Waals surface area contributed by atoms with Crippen molar-refractivity contribution >= 4 is 15.9 Å². The Hall–Kier alpha value is -2.39. The lowest BCUT2D eigenvalue weighted by molar-refractivity contribution is 0.0692. The number of sulfonamides is 1. The first kappa shape index (κ1) is 17.4. The Morgan fingerprint density at radius 3 is 2.52 bits per heavy atom. The number of carbonyl (C=O) groups is 1. The summed E-state index contributed by atoms with van der Waals surface area (Å²) in [6.45, 7) is 1.32. The highest BCUT2D eigenvalue weighted by atomic mass is 32.2. The van der Waals surface area contributed by atoms with Crippen molar-refractivity contribution < 1.29 is 17.9 Å². The molecule has 1 aromatic heterocycles. The van der Waals surface area contributed by atoms with Crippen molar-refractivity contribution in [3.63, 3.8) is 0 Å². The number of piperazine rings is 1. The highest BCUT2D eigenvalue weighted by Crippen LogP contribution is 2.28. The number of aromatic nitrogens is 2. The van der Waals surface area contributed by atoms with Crippen molar-refractivity contribution in [2.75, 3.05) is 39.5 Å². The molecule has 0 unspecified atom stereocenters. The van der Waals surface area contributed by atoms with Crippen LogP contribution in [0.4, 0.5) is 0 Å². The highest BCUT2D eigenvalue weighted by molar-refractivity contribution is 7.88. The number of amides is 1. The lowest BCUT2D eigenvalue weighted by Crippen LogP contribution is -2.50. The second kappa shape index (κ2) is 6.85. The van der Waals surface area contributed by atoms with Crippen LogP contribution in [0.3, 0.4) is 0 Å². The zero-order chi connectivity index (χ0) is 18.0. The molecule has 25 heavy (non-hydrogen) atoms. The number of rotatable bonds is 4. The number of nitrogens with one attached hydrogen (secondary N) is 1. The number of aromatic amines is 1. The first-order valence-electron chi connectivity index (χ1n) is 7.83. The third-order valence-electron chi connectivity index (χ3n) is 4.19. The second-order valence-electron chi connectivity index (χ2n) is 5.82. The molecule has 0 aliphatic carbocycles. The number of benzene rings is 1. The van der Waals surface area contributed by atoms with Crippen LogP contribution in [-0.4, -0.2) is 73.3 Å². The van der Waals surface area contributed by atoms with Gasteiger partial charge in [-0.1, -0.05) is 12.1 Å². The van der Waals surface area contributed by atoms with Gasteiger partial charge < -0.3 is 9.64 Å². The van der Waals surface area contributed by atoms with Crippen molar-refractivity contribution in [2.24, 2.45) is 0 Å². The number of ether oxygens (including phenoxy) is 1. The minimum atomic E-state index is -3.22. The Morgan fingerprint density at radius 2 is 1.88 bits per heavy atom. The van der Waals surface area contributed by atoms with Crippen molar-refractivity contribution in [1.29, 1.82) is 0 Å². The molecule has 1 fully saturated rings. The third kappa shape index (κ3) is 3.67. The lowest BCUT2D eigenvalue weighted by atomic mass is 10.1. The summed E-state index contributed by atoms with van der Waals surface area (Å²) in [4.78, 5) is 14.2. The average molecular weight is 364 g/mol. The quantitative estimate of drug-likeness (QED) is 0.866. The summed E-state index contributed by atoms with van der Waals surface area (Å²) in [6.07, 6.45) is 1.18. The maximum Gasteiger partial charge on any atom is 0.271 e. The Morgan fingerprint density at radius 1 is 1.20 bits per heavy atom. The van der Waals surface area contributed by atoms with Crippen molar-refractivity contribution in [3.8, 4) is 17.0 Å². The fraction of sp³-hybridized carbons (Fsp3) is 0.375. The van der Waals surface area contributed by atoms with Gasteiger partial charge in [-0.05, 0) is 18.2 Å². The Balaban J connectivity index is 1.74. The van der Waals surface area contributed by atoms with Gasteiger partial charge >= 0.3 is 0 Å². The van der Waals surface area contributed by atoms with Gasteiger partial charge in [-0.3, -0.25) is 9.89 Å². The van der Waals surface area contributed by atoms with Crippen molar-refractivity contribution in [2.45, 2.75) is 0 Å². The van der Waals surface area contributed by atoms with E-state index in [-0.39, 0.29) is 5.91 Å². The standard InChI is InChI=1S/C16H20N4O4S/c1-24-15-6-4-3-5-12(15)13-11-14(18-17-13)16(21)19-7-9-20(10-8-19)25(2,22)23/h3-6,11H,7-10H2,1-2H3,(H,17,18). The largest absolute Gasteiger partial charge is 0.496 e. The molecule has 0 spiro atoms. The summed E-state index contributed by atoms with van der Waals surface area (Å²) < 4.78 is 29.8. The van der Waals surface area contributed by atoms with E-state index in [2.05, 4.69) is 10.2 Å². The van der Waals surface area contributed by atoms with Crippen molar-refractivity contribution in [1.82, 2.24) is 19.4 Å². The molecule has 2 aromatic rings. The number of H-pyrrole nitrogens is 1. The molecule has 0 atom stereocenters. The van der Waals surface area contributed by atoms with Gasteiger partial charge in [0.15, 0.2) is 0 Å². The van der Waals surface area contributed by atoms with Crippen LogP contribution in [0, 0.1) is 0 Å². The Kier molecular flexibility index (Phi) is 4.78. The predicted octanol–water partition coefficient (Wildman–Crippen LogP) is 0.803. The SMILES string of the molecule is COc1ccccc1-c1cc(C(=O)N2CCN(S(C)(=O)=O)CC2)[nH]n1. The molecule has 1 N–H and O–H groups in total. The van der Waals surface area contributed by atoms with Crippen LogP contribution in [0.15, 0.2) is 30.3 Å². The lowest BCUT2D eigenvalue weighted by Gasteiger charge is -2.32. The fourth-order valence-corrected chi connectivity index (χ4v) is 3.65. The van der Waals surface area contributed by atoms with Gasteiger partial charge in [-0.2, -0.15) is 9.40 Å². The van der Waals surface area contributed by atoms with E-state index in [4.69, 9.17) is 4.74 Å². The van der Waals surface area contributed by atoms with Crippen LogP contribution in [0.5, 0.6) is 5.75 Å². The average Bonchev–Trinajstić information content (AvgIpc) is 3.10.